The van der Waals surface area contributed by atoms with Crippen molar-refractivity contribution in [2.75, 3.05) is 6.61 Å². The molecule has 2 fully saturated rings. The van der Waals surface area contributed by atoms with E-state index in [0.29, 0.717) is 0 Å². The Morgan fingerprint density at radius 3 is 1.79 bits per heavy atom. The van der Waals surface area contributed by atoms with Crippen LogP contribution < -0.4 is 5.32 Å². The Kier molecular flexibility index (Phi) is 7.54. The molecule has 5 atom stereocenters. The average molecular weight is 415 g/mol. The zero-order valence-corrected chi connectivity index (χ0v) is 16.7. The summed E-state index contributed by atoms with van der Waals surface area (Å²) >= 11 is 0. The van der Waals surface area contributed by atoms with Crippen LogP contribution in [-0.4, -0.2) is 67.0 Å². The van der Waals surface area contributed by atoms with Crippen LogP contribution in [0.25, 0.3) is 0 Å². The molecule has 0 aromatic carbocycles. The number of hydrogen-bond donors (Lipinski definition) is 1. The van der Waals surface area contributed by atoms with Gasteiger partial charge in [-0.3, -0.25) is 24.0 Å². The summed E-state index contributed by atoms with van der Waals surface area (Å²) in [5.74, 6) is -3.27. The number of nitrogens with one attached hydrogen (secondary N) is 1. The number of ether oxygens (including phenoxy) is 5. The second-order valence-corrected chi connectivity index (χ2v) is 6.90. The van der Waals surface area contributed by atoms with E-state index in [0.717, 1.165) is 33.6 Å². The van der Waals surface area contributed by atoms with Crippen molar-refractivity contribution in [1.82, 2.24) is 5.32 Å². The lowest BCUT2D eigenvalue weighted by Gasteiger charge is -2.44. The van der Waals surface area contributed by atoms with Crippen molar-refractivity contribution in [1.29, 1.82) is 0 Å². The van der Waals surface area contributed by atoms with Gasteiger partial charge in [-0.1, -0.05) is 0 Å². The first kappa shape index (κ1) is 22.6. The summed E-state index contributed by atoms with van der Waals surface area (Å²) in [6.07, 6.45) is -4.66. The predicted molar refractivity (Wildman–Crippen MR) is 92.8 cm³/mol. The van der Waals surface area contributed by atoms with Crippen LogP contribution in [0.5, 0.6) is 0 Å². The first-order valence-corrected chi connectivity index (χ1v) is 9.19. The minimum absolute atomic E-state index is 0.179. The van der Waals surface area contributed by atoms with Crippen LogP contribution in [-0.2, 0) is 47.7 Å². The van der Waals surface area contributed by atoms with Gasteiger partial charge in [0.25, 0.3) is 0 Å². The smallest absolute Gasteiger partial charge is 0.303 e. The van der Waals surface area contributed by atoms with Gasteiger partial charge in [0, 0.05) is 33.6 Å². The van der Waals surface area contributed by atoms with Gasteiger partial charge in [0.1, 0.15) is 12.7 Å². The normalized spacial score (nSPS) is 28.6. The maximum absolute atomic E-state index is 12.3. The molecule has 1 aliphatic carbocycles. The van der Waals surface area contributed by atoms with Gasteiger partial charge >= 0.3 is 23.9 Å². The molecule has 1 amide bonds. The lowest BCUT2D eigenvalue weighted by molar-refractivity contribution is -0.257. The Hall–Kier alpha value is -2.69. The Balaban J connectivity index is 2.35. The Bertz CT molecular complexity index is 674. The van der Waals surface area contributed by atoms with Crippen molar-refractivity contribution in [3.05, 3.63) is 0 Å². The highest BCUT2D eigenvalue weighted by Crippen LogP contribution is 2.32. The van der Waals surface area contributed by atoms with Crippen LogP contribution in [0.4, 0.5) is 0 Å². The van der Waals surface area contributed by atoms with Crippen molar-refractivity contribution in [2.24, 2.45) is 5.92 Å². The lowest BCUT2D eigenvalue weighted by Crippen LogP contribution is -2.66. The molecule has 162 valence electrons. The third kappa shape index (κ3) is 6.70. The van der Waals surface area contributed by atoms with Gasteiger partial charge in [0.15, 0.2) is 24.5 Å². The number of esters is 4. The van der Waals surface area contributed by atoms with Crippen LogP contribution in [0.3, 0.4) is 0 Å². The molecule has 0 aromatic heterocycles. The largest absolute Gasteiger partial charge is 0.463 e. The first-order chi connectivity index (χ1) is 13.6. The topological polar surface area (TPSA) is 144 Å². The number of amides is 1. The summed E-state index contributed by atoms with van der Waals surface area (Å²) in [7, 11) is 0. The molecule has 1 heterocycles. The summed E-state index contributed by atoms with van der Waals surface area (Å²) in [6.45, 7) is 4.24. The van der Waals surface area contributed by atoms with Gasteiger partial charge in [-0.2, -0.15) is 0 Å². The molecule has 1 saturated carbocycles. The van der Waals surface area contributed by atoms with Crippen molar-refractivity contribution in [2.45, 2.75) is 71.2 Å². The van der Waals surface area contributed by atoms with E-state index in [4.69, 9.17) is 23.7 Å². The number of carbonyl (C=O) groups excluding carboxylic acids is 5. The number of hydrogen-bond acceptors (Lipinski definition) is 10. The summed E-state index contributed by atoms with van der Waals surface area (Å²) in [6, 6.07) is 0. The molecule has 0 radical (unpaired) electrons. The molecular formula is C18H25NO10. The van der Waals surface area contributed by atoms with Gasteiger partial charge in [-0.25, -0.2) is 0 Å². The maximum atomic E-state index is 12.3. The van der Waals surface area contributed by atoms with E-state index in [1.165, 1.54) is 6.92 Å². The monoisotopic (exact) mass is 415 g/mol. The fraction of sp³-hybridized carbons (Fsp3) is 0.722. The molecule has 11 heteroatoms. The van der Waals surface area contributed by atoms with E-state index in [1.54, 1.807) is 0 Å². The van der Waals surface area contributed by atoms with Crippen molar-refractivity contribution in [3.8, 4) is 0 Å². The van der Waals surface area contributed by atoms with Gasteiger partial charge < -0.3 is 29.0 Å². The van der Waals surface area contributed by atoms with Crippen LogP contribution in [0.2, 0.25) is 0 Å². The zero-order valence-electron chi connectivity index (χ0n) is 16.7. The van der Waals surface area contributed by atoms with Crippen molar-refractivity contribution >= 4 is 29.8 Å². The standard InChI is InChI=1S/C18H25NO10/c1-8(20)25-7-13-14(26-9(2)21)15(27-10(3)22)16(28-11(4)23)18(29-13)19-17(24)12-5-6-12/h12-16,18H,5-7H2,1-4H3,(H,19,24)/t13?,14-,15?,16?,18+/m1/s1. The van der Waals surface area contributed by atoms with E-state index in [9.17, 15) is 24.0 Å². The predicted octanol–water partition coefficient (Wildman–Crippen LogP) is -0.404. The fourth-order valence-electron chi connectivity index (χ4n) is 2.95. The molecule has 11 nitrogen and oxygen atoms in total. The lowest BCUT2D eigenvalue weighted by atomic mass is 9.97. The van der Waals surface area contributed by atoms with Crippen LogP contribution in [0.1, 0.15) is 40.5 Å². The summed E-state index contributed by atoms with van der Waals surface area (Å²) < 4.78 is 26.5. The molecule has 1 N–H and O–H groups in total. The SMILES string of the molecule is CC(=O)OCC1O[C@H](NC(=O)C2CC2)C(OC(C)=O)C(OC(C)=O)[C@@H]1OC(C)=O. The molecule has 3 unspecified atom stereocenters. The second-order valence-electron chi connectivity index (χ2n) is 6.90. The number of carbonyl (C=O) groups is 5. The molecule has 0 spiro atoms. The third-order valence-corrected chi connectivity index (χ3v) is 4.22. The van der Waals surface area contributed by atoms with Crippen LogP contribution >= 0.6 is 0 Å². The van der Waals surface area contributed by atoms with E-state index in [1.807, 2.05) is 0 Å². The second kappa shape index (κ2) is 9.68. The van der Waals surface area contributed by atoms with Crippen LogP contribution in [0, 0.1) is 5.92 Å². The minimum Gasteiger partial charge on any atom is -0.463 e. The summed E-state index contributed by atoms with van der Waals surface area (Å²) in [5, 5.41) is 2.62. The maximum Gasteiger partial charge on any atom is 0.303 e. The van der Waals surface area contributed by atoms with Gasteiger partial charge in [0.2, 0.25) is 5.91 Å². The minimum atomic E-state index is -1.29. The van der Waals surface area contributed by atoms with Gasteiger partial charge in [0.05, 0.1) is 0 Å². The highest BCUT2D eigenvalue weighted by Gasteiger charge is 2.53. The third-order valence-electron chi connectivity index (χ3n) is 4.22. The van der Waals surface area contributed by atoms with Crippen molar-refractivity contribution in [3.63, 3.8) is 0 Å². The fourth-order valence-corrected chi connectivity index (χ4v) is 2.95. The molecule has 1 saturated heterocycles. The van der Waals surface area contributed by atoms with Gasteiger partial charge in [-0.15, -0.1) is 0 Å². The molecule has 0 bridgehead atoms. The highest BCUT2D eigenvalue weighted by molar-refractivity contribution is 5.81. The first-order valence-electron chi connectivity index (χ1n) is 9.19. The van der Waals surface area contributed by atoms with E-state index in [-0.39, 0.29) is 18.4 Å². The Morgan fingerprint density at radius 2 is 1.31 bits per heavy atom. The quantitative estimate of drug-likeness (QED) is 0.431. The van der Waals surface area contributed by atoms with E-state index in [2.05, 4.69) is 5.32 Å². The Morgan fingerprint density at radius 1 is 0.793 bits per heavy atom. The van der Waals surface area contributed by atoms with Gasteiger partial charge in [-0.05, 0) is 12.8 Å². The molecule has 1 aliphatic heterocycles. The summed E-state index contributed by atoms with van der Waals surface area (Å²) in [5.41, 5.74) is 0. The Labute approximate surface area is 167 Å². The molecule has 0 aromatic rings. The van der Waals surface area contributed by atoms with Crippen molar-refractivity contribution < 1.29 is 47.7 Å². The molecule has 2 rings (SSSR count). The molecule has 2 aliphatic rings. The van der Waals surface area contributed by atoms with E-state index < -0.39 is 54.5 Å². The van der Waals surface area contributed by atoms with E-state index >= 15 is 0 Å². The summed E-state index contributed by atoms with van der Waals surface area (Å²) in [4.78, 5) is 58.4. The zero-order chi connectivity index (χ0) is 21.7. The molecule has 29 heavy (non-hydrogen) atoms. The highest BCUT2D eigenvalue weighted by atomic mass is 16.7. The molecular weight excluding hydrogens is 390 g/mol. The van der Waals surface area contributed by atoms with Crippen LogP contribution in [0.15, 0.2) is 0 Å². The number of rotatable bonds is 7. The average Bonchev–Trinajstić information content (AvgIpc) is 3.42.